The highest BCUT2D eigenvalue weighted by molar-refractivity contribution is 7.13. The van der Waals surface area contributed by atoms with Crippen molar-refractivity contribution in [1.82, 2.24) is 20.1 Å². The summed E-state index contributed by atoms with van der Waals surface area (Å²) in [5.74, 6) is 0.0311. The molecule has 2 aliphatic rings. The molecule has 2 aromatic rings. The molecule has 7 nitrogen and oxygen atoms in total. The minimum absolute atomic E-state index is 0.00935. The van der Waals surface area contributed by atoms with Gasteiger partial charge in [0.1, 0.15) is 5.69 Å². The average molecular weight is 456 g/mol. The fraction of sp³-hybridized carbons (Fsp3) is 0.542. The van der Waals surface area contributed by atoms with Crippen LogP contribution in [-0.2, 0) is 11.2 Å². The summed E-state index contributed by atoms with van der Waals surface area (Å²) in [6.45, 7) is 3.67. The molecule has 2 fully saturated rings. The Labute approximate surface area is 194 Å². The van der Waals surface area contributed by atoms with Crippen LogP contribution in [0.3, 0.4) is 0 Å². The summed E-state index contributed by atoms with van der Waals surface area (Å²) in [5, 5.41) is 9.21. The number of carbonyl (C=O) groups excluding carboxylic acids is 2. The van der Waals surface area contributed by atoms with E-state index in [2.05, 4.69) is 32.7 Å². The van der Waals surface area contributed by atoms with Crippen molar-refractivity contribution in [2.45, 2.75) is 44.6 Å². The normalized spacial score (nSPS) is 17.8. The van der Waals surface area contributed by atoms with E-state index < -0.39 is 0 Å². The van der Waals surface area contributed by atoms with Crippen LogP contribution in [0.5, 0.6) is 0 Å². The van der Waals surface area contributed by atoms with E-state index in [0.29, 0.717) is 51.0 Å². The molecule has 0 atom stereocenters. The number of carbonyl (C=O) groups is 2. The van der Waals surface area contributed by atoms with Crippen LogP contribution in [0.25, 0.3) is 0 Å². The van der Waals surface area contributed by atoms with E-state index in [1.54, 1.807) is 0 Å². The first kappa shape index (κ1) is 22.7. The monoisotopic (exact) mass is 455 g/mol. The summed E-state index contributed by atoms with van der Waals surface area (Å²) in [4.78, 5) is 33.6. The first-order valence-corrected chi connectivity index (χ1v) is 12.6. The van der Waals surface area contributed by atoms with Crippen molar-refractivity contribution in [2.75, 3.05) is 44.6 Å². The van der Waals surface area contributed by atoms with Crippen molar-refractivity contribution >= 4 is 28.3 Å². The maximum Gasteiger partial charge on any atom is 0.273 e. The highest BCUT2D eigenvalue weighted by Gasteiger charge is 2.25. The Balaban J connectivity index is 1.16. The van der Waals surface area contributed by atoms with E-state index >= 15 is 0 Å². The fourth-order valence-electron chi connectivity index (χ4n) is 4.38. The predicted molar refractivity (Wildman–Crippen MR) is 128 cm³/mol. The lowest BCUT2D eigenvalue weighted by molar-refractivity contribution is -0.122. The number of anilines is 1. The maximum atomic E-state index is 12.9. The molecule has 1 aromatic heterocycles. The van der Waals surface area contributed by atoms with Crippen molar-refractivity contribution in [2.24, 2.45) is 0 Å². The molecule has 2 amide bonds. The molecular weight excluding hydrogens is 422 g/mol. The smallest absolute Gasteiger partial charge is 0.273 e. The Morgan fingerprint density at radius 2 is 1.78 bits per heavy atom. The lowest BCUT2D eigenvalue weighted by Crippen LogP contribution is -2.51. The first-order chi connectivity index (χ1) is 15.7. The molecule has 0 unspecified atom stereocenters. The number of rotatable bonds is 8. The molecule has 1 aliphatic carbocycles. The number of nitrogens with one attached hydrogen (secondary N) is 2. The van der Waals surface area contributed by atoms with E-state index in [9.17, 15) is 9.59 Å². The number of nitrogens with zero attached hydrogens (tertiary/aromatic N) is 3. The Bertz CT molecular complexity index is 874. The standard InChI is InChI=1S/C24H33N5O2S/c30-22(25-12-11-19-7-3-1-4-8-19)17-28-13-15-29(16-14-28)23(31)21-18-32-24(27-21)26-20-9-5-2-6-10-20/h1,3-4,7-8,18,20H,2,5-6,9-17H2,(H,25,30)(H,26,27). The van der Waals surface area contributed by atoms with Crippen molar-refractivity contribution in [3.05, 3.63) is 47.0 Å². The van der Waals surface area contributed by atoms with Crippen LogP contribution < -0.4 is 10.6 Å². The molecule has 1 aromatic carbocycles. The lowest BCUT2D eigenvalue weighted by atomic mass is 9.96. The van der Waals surface area contributed by atoms with Gasteiger partial charge in [-0.1, -0.05) is 49.6 Å². The second kappa shape index (κ2) is 11.4. The number of piperazine rings is 1. The van der Waals surface area contributed by atoms with Gasteiger partial charge < -0.3 is 15.5 Å². The van der Waals surface area contributed by atoms with Gasteiger partial charge in [-0.05, 0) is 24.8 Å². The molecule has 4 rings (SSSR count). The minimum atomic E-state index is -0.00935. The Hall–Kier alpha value is -2.45. The van der Waals surface area contributed by atoms with Crippen LogP contribution in [0.1, 0.15) is 48.2 Å². The van der Waals surface area contributed by atoms with Gasteiger partial charge >= 0.3 is 0 Å². The number of benzene rings is 1. The zero-order valence-electron chi connectivity index (χ0n) is 18.6. The van der Waals surface area contributed by atoms with E-state index in [4.69, 9.17) is 0 Å². The molecule has 32 heavy (non-hydrogen) atoms. The van der Waals surface area contributed by atoms with Gasteiger partial charge in [-0.2, -0.15) is 0 Å². The number of thiazole rings is 1. The summed E-state index contributed by atoms with van der Waals surface area (Å²) in [7, 11) is 0. The molecule has 2 N–H and O–H groups in total. The van der Waals surface area contributed by atoms with Gasteiger partial charge in [0.2, 0.25) is 5.91 Å². The minimum Gasteiger partial charge on any atom is -0.359 e. The van der Waals surface area contributed by atoms with Crippen LogP contribution in [0.4, 0.5) is 5.13 Å². The highest BCUT2D eigenvalue weighted by atomic mass is 32.1. The van der Waals surface area contributed by atoms with Crippen molar-refractivity contribution in [1.29, 1.82) is 0 Å². The van der Waals surface area contributed by atoms with Crippen LogP contribution in [0, 0.1) is 0 Å². The molecule has 2 heterocycles. The third kappa shape index (κ3) is 6.53. The second-order valence-electron chi connectivity index (χ2n) is 8.67. The fourth-order valence-corrected chi connectivity index (χ4v) is 5.14. The first-order valence-electron chi connectivity index (χ1n) is 11.7. The third-order valence-corrected chi connectivity index (χ3v) is 7.03. The van der Waals surface area contributed by atoms with E-state index in [0.717, 1.165) is 11.6 Å². The maximum absolute atomic E-state index is 12.9. The van der Waals surface area contributed by atoms with Gasteiger partial charge in [0.15, 0.2) is 5.13 Å². The van der Waals surface area contributed by atoms with Gasteiger partial charge in [0, 0.05) is 44.1 Å². The van der Waals surface area contributed by atoms with Crippen LogP contribution >= 0.6 is 11.3 Å². The topological polar surface area (TPSA) is 77.6 Å². The number of aromatic nitrogens is 1. The molecule has 0 radical (unpaired) electrons. The van der Waals surface area contributed by atoms with Crippen LogP contribution in [-0.4, -0.2) is 71.9 Å². The summed E-state index contributed by atoms with van der Waals surface area (Å²) >= 11 is 1.52. The quantitative estimate of drug-likeness (QED) is 0.640. The van der Waals surface area contributed by atoms with Gasteiger partial charge in [-0.25, -0.2) is 4.98 Å². The van der Waals surface area contributed by atoms with E-state index in [-0.39, 0.29) is 11.8 Å². The average Bonchev–Trinajstić information content (AvgIpc) is 3.29. The molecule has 8 heteroatoms. The Morgan fingerprint density at radius 3 is 2.53 bits per heavy atom. The summed E-state index contributed by atoms with van der Waals surface area (Å²) in [6.07, 6.45) is 7.06. The summed E-state index contributed by atoms with van der Waals surface area (Å²) in [6, 6.07) is 10.6. The van der Waals surface area contributed by atoms with Crippen molar-refractivity contribution in [3.63, 3.8) is 0 Å². The Kier molecular flexibility index (Phi) is 8.12. The van der Waals surface area contributed by atoms with Crippen LogP contribution in [0.15, 0.2) is 35.7 Å². The molecule has 0 spiro atoms. The highest BCUT2D eigenvalue weighted by Crippen LogP contribution is 2.24. The van der Waals surface area contributed by atoms with Crippen molar-refractivity contribution < 1.29 is 9.59 Å². The zero-order valence-corrected chi connectivity index (χ0v) is 19.4. The third-order valence-electron chi connectivity index (χ3n) is 6.26. The molecule has 1 saturated heterocycles. The molecule has 0 bridgehead atoms. The largest absolute Gasteiger partial charge is 0.359 e. The molecule has 172 valence electrons. The molecular formula is C24H33N5O2S. The molecule has 1 saturated carbocycles. The van der Waals surface area contributed by atoms with Gasteiger partial charge in [-0.15, -0.1) is 11.3 Å². The van der Waals surface area contributed by atoms with E-state index in [1.807, 2.05) is 28.5 Å². The number of hydrogen-bond donors (Lipinski definition) is 2. The van der Waals surface area contributed by atoms with Gasteiger partial charge in [-0.3, -0.25) is 14.5 Å². The molecule has 1 aliphatic heterocycles. The number of amides is 2. The Morgan fingerprint density at radius 1 is 1.03 bits per heavy atom. The lowest BCUT2D eigenvalue weighted by Gasteiger charge is -2.34. The zero-order chi connectivity index (χ0) is 22.2. The summed E-state index contributed by atoms with van der Waals surface area (Å²) < 4.78 is 0. The predicted octanol–water partition coefficient (Wildman–Crippen LogP) is 3.00. The van der Waals surface area contributed by atoms with Gasteiger partial charge in [0.05, 0.1) is 6.54 Å². The van der Waals surface area contributed by atoms with Gasteiger partial charge in [0.25, 0.3) is 5.91 Å². The second-order valence-corrected chi connectivity index (χ2v) is 9.53. The SMILES string of the molecule is O=C(CN1CCN(C(=O)c2csc(NC3CCCCC3)n2)CC1)NCCc1ccccc1. The number of hydrogen-bond acceptors (Lipinski definition) is 6. The van der Waals surface area contributed by atoms with Crippen molar-refractivity contribution in [3.8, 4) is 0 Å². The van der Waals surface area contributed by atoms with Crippen LogP contribution in [0.2, 0.25) is 0 Å². The summed E-state index contributed by atoms with van der Waals surface area (Å²) in [5.41, 5.74) is 1.75. The van der Waals surface area contributed by atoms with E-state index in [1.165, 1.54) is 49.0 Å².